The van der Waals surface area contributed by atoms with Gasteiger partial charge >= 0.3 is 6.09 Å². The van der Waals surface area contributed by atoms with Crippen LogP contribution in [0.25, 0.3) is 0 Å². The highest BCUT2D eigenvalue weighted by atomic mass is 16.6. The first-order chi connectivity index (χ1) is 15.0. The van der Waals surface area contributed by atoms with Gasteiger partial charge in [0.05, 0.1) is 19.3 Å². The molecule has 1 aromatic rings. The van der Waals surface area contributed by atoms with E-state index in [1.54, 1.807) is 12.0 Å². The van der Waals surface area contributed by atoms with E-state index in [-0.39, 0.29) is 29.6 Å². The van der Waals surface area contributed by atoms with Crippen LogP contribution < -0.4 is 4.74 Å². The number of amides is 1. The average molecular weight is 447 g/mol. The van der Waals surface area contributed by atoms with Gasteiger partial charge in [0, 0.05) is 37.1 Å². The molecule has 2 heterocycles. The van der Waals surface area contributed by atoms with Crippen LogP contribution >= 0.6 is 0 Å². The van der Waals surface area contributed by atoms with Gasteiger partial charge in [0.15, 0.2) is 0 Å². The fraction of sp³-hybridized carbons (Fsp3) is 0.720. The van der Waals surface area contributed by atoms with Crippen molar-refractivity contribution in [1.29, 1.82) is 0 Å². The number of fused-ring (bicyclic) bond motifs is 1. The number of benzene rings is 1. The van der Waals surface area contributed by atoms with Crippen LogP contribution in [0.3, 0.4) is 0 Å². The predicted molar refractivity (Wildman–Crippen MR) is 122 cm³/mol. The van der Waals surface area contributed by atoms with Crippen molar-refractivity contribution in [1.82, 2.24) is 9.80 Å². The lowest BCUT2D eigenvalue weighted by molar-refractivity contribution is -0.146. The molecule has 7 heteroatoms. The second kappa shape index (κ2) is 8.50. The Morgan fingerprint density at radius 2 is 1.91 bits per heavy atom. The molecule has 5 unspecified atom stereocenters. The van der Waals surface area contributed by atoms with E-state index in [0.29, 0.717) is 19.4 Å². The first-order valence-corrected chi connectivity index (χ1v) is 11.7. The van der Waals surface area contributed by atoms with Crippen molar-refractivity contribution in [2.24, 2.45) is 5.92 Å². The molecule has 0 radical (unpaired) electrons. The zero-order chi connectivity index (χ0) is 23.3. The van der Waals surface area contributed by atoms with E-state index in [1.807, 2.05) is 52.1 Å². The molecular formula is C25H38N2O5. The van der Waals surface area contributed by atoms with Gasteiger partial charge in [-0.25, -0.2) is 4.79 Å². The number of carbonyl (C=O) groups is 1. The predicted octanol–water partition coefficient (Wildman–Crippen LogP) is 2.82. The van der Waals surface area contributed by atoms with Crippen LogP contribution in [0.15, 0.2) is 24.3 Å². The second-order valence-electron chi connectivity index (χ2n) is 10.9. The summed E-state index contributed by atoms with van der Waals surface area (Å²) in [5, 5.41) is 22.0. The van der Waals surface area contributed by atoms with Crippen LogP contribution in [0.5, 0.6) is 5.75 Å². The highest BCUT2D eigenvalue weighted by molar-refractivity contribution is 5.68. The van der Waals surface area contributed by atoms with Gasteiger partial charge in [-0.2, -0.15) is 0 Å². The number of nitrogens with zero attached hydrogens (tertiary/aromatic N) is 2. The van der Waals surface area contributed by atoms with E-state index in [9.17, 15) is 15.0 Å². The molecule has 1 spiro atoms. The lowest BCUT2D eigenvalue weighted by Crippen LogP contribution is -2.66. The third-order valence-electron chi connectivity index (χ3n) is 7.71. The minimum absolute atomic E-state index is 0.0180. The molecule has 32 heavy (non-hydrogen) atoms. The summed E-state index contributed by atoms with van der Waals surface area (Å²) in [5.74, 6) is 0.677. The van der Waals surface area contributed by atoms with E-state index in [1.165, 1.54) is 0 Å². The van der Waals surface area contributed by atoms with Gasteiger partial charge in [-0.3, -0.25) is 4.90 Å². The number of piperidine rings is 1. The monoisotopic (exact) mass is 446 g/mol. The minimum atomic E-state index is -0.605. The molecule has 0 aromatic heterocycles. The maximum atomic E-state index is 12.8. The van der Waals surface area contributed by atoms with E-state index in [0.717, 1.165) is 30.6 Å². The van der Waals surface area contributed by atoms with Crippen LogP contribution in [-0.2, 0) is 11.2 Å². The molecule has 2 saturated heterocycles. The number of hydrogen-bond acceptors (Lipinski definition) is 6. The third-order valence-corrected chi connectivity index (χ3v) is 7.71. The minimum Gasteiger partial charge on any atom is -0.497 e. The Morgan fingerprint density at radius 3 is 2.53 bits per heavy atom. The van der Waals surface area contributed by atoms with Gasteiger partial charge in [0.25, 0.3) is 0 Å². The molecule has 1 amide bonds. The second-order valence-corrected chi connectivity index (χ2v) is 10.9. The molecule has 178 valence electrons. The van der Waals surface area contributed by atoms with Gasteiger partial charge < -0.3 is 24.6 Å². The smallest absolute Gasteiger partial charge is 0.410 e. The number of ether oxygens (including phenoxy) is 2. The molecule has 7 nitrogen and oxygen atoms in total. The van der Waals surface area contributed by atoms with Crippen molar-refractivity contribution < 1.29 is 24.5 Å². The summed E-state index contributed by atoms with van der Waals surface area (Å²) in [7, 11) is 3.47. The topological polar surface area (TPSA) is 82.5 Å². The maximum absolute atomic E-state index is 12.8. The van der Waals surface area contributed by atoms with Gasteiger partial charge in [0.2, 0.25) is 0 Å². The highest BCUT2D eigenvalue weighted by Crippen LogP contribution is 2.52. The number of methoxy groups -OCH3 is 1. The largest absolute Gasteiger partial charge is 0.497 e. The fourth-order valence-electron chi connectivity index (χ4n) is 6.08. The zero-order valence-corrected chi connectivity index (χ0v) is 20.0. The maximum Gasteiger partial charge on any atom is 0.410 e. The molecule has 4 rings (SSSR count). The normalized spacial score (nSPS) is 34.7. The van der Waals surface area contributed by atoms with Crippen LogP contribution in [0, 0.1) is 5.92 Å². The molecule has 6 atom stereocenters. The highest BCUT2D eigenvalue weighted by Gasteiger charge is 2.59. The van der Waals surface area contributed by atoms with Crippen LogP contribution in [0.1, 0.15) is 52.0 Å². The van der Waals surface area contributed by atoms with Crippen molar-refractivity contribution in [2.75, 3.05) is 20.7 Å². The van der Waals surface area contributed by atoms with Gasteiger partial charge in [0.1, 0.15) is 11.4 Å². The fourth-order valence-corrected chi connectivity index (χ4v) is 6.08. The lowest BCUT2D eigenvalue weighted by Gasteiger charge is -2.56. The summed E-state index contributed by atoms with van der Waals surface area (Å²) in [5.41, 5.74) is 0.493. The van der Waals surface area contributed by atoms with Crippen LogP contribution in [-0.4, -0.2) is 82.2 Å². The van der Waals surface area contributed by atoms with Crippen molar-refractivity contribution >= 4 is 6.09 Å². The number of rotatable bonds is 4. The first kappa shape index (κ1) is 23.3. The SMILES string of the molecule is COc1ccc(CC2C(O)C3CC4(CCC3O)C[C@H](N(C)C(=O)OC(C)(C)C)CN24)cc1. The molecule has 2 N–H and O–H groups in total. The Balaban J connectivity index is 1.58. The van der Waals surface area contributed by atoms with Gasteiger partial charge in [-0.15, -0.1) is 0 Å². The summed E-state index contributed by atoms with van der Waals surface area (Å²) < 4.78 is 10.9. The Morgan fingerprint density at radius 1 is 1.22 bits per heavy atom. The van der Waals surface area contributed by atoms with Gasteiger partial charge in [-0.05, 0) is 70.6 Å². The Kier molecular flexibility index (Phi) is 6.20. The van der Waals surface area contributed by atoms with Crippen LogP contribution in [0.2, 0.25) is 0 Å². The molecule has 1 aliphatic carbocycles. The number of aliphatic hydroxyl groups is 2. The molecule has 2 aliphatic heterocycles. The summed E-state index contributed by atoms with van der Waals surface area (Å²) in [6.07, 6.45) is 2.50. The van der Waals surface area contributed by atoms with E-state index in [2.05, 4.69) is 4.90 Å². The number of aliphatic hydroxyl groups excluding tert-OH is 2. The van der Waals surface area contributed by atoms with Crippen LogP contribution in [0.4, 0.5) is 4.79 Å². The summed E-state index contributed by atoms with van der Waals surface area (Å²) in [4.78, 5) is 16.9. The van der Waals surface area contributed by atoms with E-state index < -0.39 is 17.8 Å². The van der Waals surface area contributed by atoms with Gasteiger partial charge in [-0.1, -0.05) is 12.1 Å². The average Bonchev–Trinajstić information content (AvgIpc) is 3.11. The molecule has 3 aliphatic rings. The number of hydrogen-bond donors (Lipinski definition) is 2. The standard InChI is InChI=1S/C25H38N2O5/c1-24(2,3)32-23(30)26(4)17-13-25-11-10-21(28)19(14-25)22(29)20(27(25)15-17)12-16-6-8-18(31-5)9-7-16/h6-9,17,19-22,28-29H,10-15H2,1-5H3/t17-,19?,20?,21?,22?,25?/m0/s1. The lowest BCUT2D eigenvalue weighted by atomic mass is 9.65. The van der Waals surface area contributed by atoms with Crippen molar-refractivity contribution in [3.05, 3.63) is 29.8 Å². The van der Waals surface area contributed by atoms with E-state index in [4.69, 9.17) is 9.47 Å². The molecule has 1 aromatic carbocycles. The Hall–Kier alpha value is -1.83. The number of carbonyl (C=O) groups excluding carboxylic acids is 1. The molecule has 3 fully saturated rings. The van der Waals surface area contributed by atoms with Crippen molar-refractivity contribution in [3.8, 4) is 5.75 Å². The summed E-state index contributed by atoms with van der Waals surface area (Å²) >= 11 is 0. The quantitative estimate of drug-likeness (QED) is 0.740. The zero-order valence-electron chi connectivity index (χ0n) is 20.0. The molecular weight excluding hydrogens is 408 g/mol. The molecule has 1 saturated carbocycles. The summed E-state index contributed by atoms with van der Waals surface area (Å²) in [6, 6.07) is 7.88. The molecule has 2 bridgehead atoms. The first-order valence-electron chi connectivity index (χ1n) is 11.7. The Bertz CT molecular complexity index is 823. The Labute approximate surface area is 191 Å². The third kappa shape index (κ3) is 4.35. The van der Waals surface area contributed by atoms with Crippen molar-refractivity contribution in [3.63, 3.8) is 0 Å². The summed E-state index contributed by atoms with van der Waals surface area (Å²) in [6.45, 7) is 6.34. The number of likely N-dealkylation sites (N-methyl/N-ethyl adjacent to an activating group) is 1. The van der Waals surface area contributed by atoms with Crippen molar-refractivity contribution in [2.45, 2.75) is 88.3 Å². The van der Waals surface area contributed by atoms with E-state index >= 15 is 0 Å².